The Bertz CT molecular complexity index is 1670. The molecule has 15 nitrogen and oxygen atoms in total. The van der Waals surface area contributed by atoms with Gasteiger partial charge in [0.2, 0.25) is 11.8 Å². The molecule has 12 atom stereocenters. The Morgan fingerprint density at radius 3 is 2.44 bits per heavy atom. The van der Waals surface area contributed by atoms with Gasteiger partial charge >= 0.3 is 0 Å². The lowest BCUT2D eigenvalue weighted by molar-refractivity contribution is -0.279. The van der Waals surface area contributed by atoms with Crippen LogP contribution in [0.5, 0.6) is 0 Å². The van der Waals surface area contributed by atoms with E-state index in [1.54, 1.807) is 43.0 Å². The van der Waals surface area contributed by atoms with E-state index >= 15 is 0 Å². The molecule has 2 aliphatic heterocycles. The van der Waals surface area contributed by atoms with Crippen molar-refractivity contribution in [3.63, 3.8) is 0 Å². The van der Waals surface area contributed by atoms with Crippen LogP contribution in [0.3, 0.4) is 0 Å². The second kappa shape index (κ2) is 22.5. The molecule has 1 aromatic heterocycles. The smallest absolute Gasteiger partial charge is 0.251 e. The van der Waals surface area contributed by atoms with Gasteiger partial charge in [-0.2, -0.15) is 5.10 Å². The monoisotopic (exact) mass is 822 g/mol. The molecular weight excluding hydrogens is 757 g/mol. The minimum Gasteiger partial charge on any atom is -0.393 e. The number of carbonyl (C=O) groups is 4. The number of aliphatic hydroxyl groups excluding tert-OH is 1. The lowest BCUT2D eigenvalue weighted by atomic mass is 9.60. The number of ether oxygens (including phenoxy) is 4. The molecule has 0 bridgehead atoms. The van der Waals surface area contributed by atoms with Gasteiger partial charge < -0.3 is 39.7 Å². The number of aliphatic hydroxyl groups is 1. The first-order valence-electron chi connectivity index (χ1n) is 21.5. The zero-order chi connectivity index (χ0) is 42.5. The molecule has 3 aliphatic rings. The maximum Gasteiger partial charge on any atom is 0.251 e. The Morgan fingerprint density at radius 1 is 0.966 bits per heavy atom. The van der Waals surface area contributed by atoms with Crippen LogP contribution in [0.1, 0.15) is 102 Å². The fourth-order valence-corrected chi connectivity index (χ4v) is 8.95. The van der Waals surface area contributed by atoms with Gasteiger partial charge in [0, 0.05) is 54.7 Å². The number of aromatic amines is 1. The van der Waals surface area contributed by atoms with E-state index < -0.39 is 17.9 Å². The molecule has 2 saturated heterocycles. The third-order valence-electron chi connectivity index (χ3n) is 12.4. The number of carbonyl (C=O) groups excluding carboxylic acids is 4. The highest BCUT2D eigenvalue weighted by Crippen LogP contribution is 2.52. The van der Waals surface area contributed by atoms with E-state index in [0.29, 0.717) is 48.0 Å². The van der Waals surface area contributed by atoms with Gasteiger partial charge in [-0.25, -0.2) is 10.4 Å². The first kappa shape index (κ1) is 46.1. The summed E-state index contributed by atoms with van der Waals surface area (Å²) in [5, 5.41) is 20.0. The van der Waals surface area contributed by atoms with Gasteiger partial charge in [0.15, 0.2) is 12.1 Å². The van der Waals surface area contributed by atoms with Crippen LogP contribution in [0.25, 0.3) is 0 Å². The minimum absolute atomic E-state index is 0.0510. The molecule has 5 N–H and O–H groups in total. The van der Waals surface area contributed by atoms with E-state index in [2.05, 4.69) is 51.9 Å². The van der Waals surface area contributed by atoms with Crippen molar-refractivity contribution in [3.8, 4) is 0 Å². The lowest BCUT2D eigenvalue weighted by Gasteiger charge is -2.52. The van der Waals surface area contributed by atoms with Gasteiger partial charge in [-0.1, -0.05) is 39.3 Å². The summed E-state index contributed by atoms with van der Waals surface area (Å²) in [5.41, 5.74) is 4.74. The van der Waals surface area contributed by atoms with Crippen LogP contribution >= 0.6 is 0 Å². The second-order valence-electron chi connectivity index (χ2n) is 17.1. The number of rotatable bonds is 21. The zero-order valence-corrected chi connectivity index (χ0v) is 35.6. The molecule has 1 saturated carbocycles. The number of ketones is 1. The van der Waals surface area contributed by atoms with Crippen molar-refractivity contribution in [3.05, 3.63) is 53.6 Å². The van der Waals surface area contributed by atoms with Crippen molar-refractivity contribution in [2.45, 2.75) is 117 Å². The van der Waals surface area contributed by atoms with Crippen LogP contribution in [-0.2, 0) is 39.8 Å². The van der Waals surface area contributed by atoms with Crippen molar-refractivity contribution in [1.82, 2.24) is 26.0 Å². The molecule has 6 unspecified atom stereocenters. The molecule has 5 rings (SSSR count). The summed E-state index contributed by atoms with van der Waals surface area (Å²) in [6, 6.07) is 6.66. The molecule has 2 aromatic rings. The molecular formula is C44H66N6O9. The van der Waals surface area contributed by atoms with Gasteiger partial charge in [0.1, 0.15) is 6.61 Å². The molecule has 3 amide bonds. The van der Waals surface area contributed by atoms with Crippen LogP contribution in [0.15, 0.2) is 41.9 Å². The van der Waals surface area contributed by atoms with Gasteiger partial charge in [-0.05, 0) is 87.8 Å². The Kier molecular flexibility index (Phi) is 17.6. The summed E-state index contributed by atoms with van der Waals surface area (Å²) in [4.78, 5) is 57.8. The number of hydrogen-bond donors (Lipinski definition) is 5. The highest BCUT2D eigenvalue weighted by Gasteiger charge is 2.52. The van der Waals surface area contributed by atoms with Gasteiger partial charge in [-0.15, -0.1) is 0 Å². The number of benzene rings is 1. The molecule has 59 heavy (non-hydrogen) atoms. The summed E-state index contributed by atoms with van der Waals surface area (Å²) in [7, 11) is 0. The molecule has 1 aromatic carbocycles. The van der Waals surface area contributed by atoms with E-state index in [-0.39, 0.29) is 87.4 Å². The highest BCUT2D eigenvalue weighted by atomic mass is 16.7. The molecule has 15 heteroatoms. The van der Waals surface area contributed by atoms with Crippen LogP contribution < -0.4 is 16.1 Å². The summed E-state index contributed by atoms with van der Waals surface area (Å²) in [6.45, 7) is 12.7. The lowest BCUT2D eigenvalue weighted by Crippen LogP contribution is -2.53. The number of hydrogen-bond acceptors (Lipinski definition) is 11. The standard InChI is InChI=1S/C44H66N6O9/c1-26-7-13-37-30(5)39(59-44-40(37)36(26)14-8-29(4)58-44)19-27(2)41(53)50-48-22-32-9-11-33(12-10-32)42(54)46-15-16-56-17-18-57-24-35(52)21-38(31(6)51)43(55)49-28(3)20-34-23-45-25-47-34/h9-12,22-23,25-31,36-40,44,51H,7-8,13-21,24H2,1-6H3,(H,45,47)(H,46,54)(H,49,55)(H,50,53)/b48-22+/t26-,27?,28+,29-,30+,31+,36?,37?,38?,39?,40?,44+/m0/s1. The van der Waals surface area contributed by atoms with Crippen LogP contribution in [0, 0.1) is 41.4 Å². The zero-order valence-electron chi connectivity index (χ0n) is 35.6. The number of nitrogens with zero attached hydrogens (tertiary/aromatic N) is 2. The third kappa shape index (κ3) is 13.5. The van der Waals surface area contributed by atoms with Gasteiger partial charge in [-0.3, -0.25) is 19.2 Å². The van der Waals surface area contributed by atoms with Crippen molar-refractivity contribution in [1.29, 1.82) is 0 Å². The number of nitrogens with one attached hydrogen (secondary N) is 4. The number of amides is 3. The minimum atomic E-state index is -1.01. The van der Waals surface area contributed by atoms with E-state index in [4.69, 9.17) is 18.9 Å². The SMILES string of the molecule is CC(CC1O[C@H]2O[C@@H](C)CCC3C2C(CC[C@@H]3C)[C@H]1C)C(=O)N/N=C/c1ccc(C(=O)NCCOCCOCC(=O)CC(C(=O)N[C@H](C)Cc2cnc[nH]2)[C@@H](C)O)cc1. The predicted octanol–water partition coefficient (Wildman–Crippen LogP) is 4.19. The topological polar surface area (TPSA) is 203 Å². The van der Waals surface area contributed by atoms with Crippen LogP contribution in [0.2, 0.25) is 0 Å². The Morgan fingerprint density at radius 2 is 1.71 bits per heavy atom. The van der Waals surface area contributed by atoms with E-state index in [9.17, 15) is 24.3 Å². The number of imidazole rings is 1. The average Bonchev–Trinajstić information content (AvgIpc) is 3.65. The first-order chi connectivity index (χ1) is 28.3. The van der Waals surface area contributed by atoms with E-state index in [1.807, 2.05) is 13.8 Å². The molecule has 3 fully saturated rings. The fraction of sp³-hybridized carbons (Fsp3) is 0.682. The summed E-state index contributed by atoms with van der Waals surface area (Å²) in [5.74, 6) is 0.339. The predicted molar refractivity (Wildman–Crippen MR) is 221 cm³/mol. The first-order valence-corrected chi connectivity index (χ1v) is 21.5. The normalized spacial score (nSPS) is 27.4. The van der Waals surface area contributed by atoms with Gasteiger partial charge in [0.05, 0.1) is 56.6 Å². The highest BCUT2D eigenvalue weighted by molar-refractivity contribution is 5.95. The maximum absolute atomic E-state index is 13.1. The Labute approximate surface area is 348 Å². The van der Waals surface area contributed by atoms with Crippen molar-refractivity contribution in [2.24, 2.45) is 46.5 Å². The van der Waals surface area contributed by atoms with Crippen molar-refractivity contribution >= 4 is 29.7 Å². The van der Waals surface area contributed by atoms with Crippen molar-refractivity contribution in [2.75, 3.05) is 33.0 Å². The summed E-state index contributed by atoms with van der Waals surface area (Å²) >= 11 is 0. The average molecular weight is 823 g/mol. The summed E-state index contributed by atoms with van der Waals surface area (Å²) < 4.78 is 24.0. The number of aromatic nitrogens is 2. The molecule has 0 radical (unpaired) electrons. The van der Waals surface area contributed by atoms with E-state index in [1.165, 1.54) is 26.2 Å². The molecule has 3 heterocycles. The van der Waals surface area contributed by atoms with Crippen LogP contribution in [-0.4, -0.2) is 108 Å². The number of Topliss-reactive ketones (excluding diaryl/α,β-unsaturated/α-hetero) is 1. The Balaban J connectivity index is 0.932. The quantitative estimate of drug-likeness (QED) is 0.0691. The fourth-order valence-electron chi connectivity index (χ4n) is 8.95. The van der Waals surface area contributed by atoms with Crippen LogP contribution in [0.4, 0.5) is 0 Å². The number of hydrazone groups is 1. The molecule has 1 aliphatic carbocycles. The summed E-state index contributed by atoms with van der Waals surface area (Å²) in [6.07, 6.45) is 9.41. The van der Waals surface area contributed by atoms with Crippen molar-refractivity contribution < 1.29 is 43.2 Å². The number of H-pyrrole nitrogens is 1. The van der Waals surface area contributed by atoms with Gasteiger partial charge in [0.25, 0.3) is 5.91 Å². The third-order valence-corrected chi connectivity index (χ3v) is 12.4. The van der Waals surface area contributed by atoms with E-state index in [0.717, 1.165) is 17.7 Å². The molecule has 326 valence electrons. The largest absolute Gasteiger partial charge is 0.393 e. The molecule has 0 spiro atoms. The second-order valence-corrected chi connectivity index (χ2v) is 17.1. The Hall–Kier alpha value is -4.02. The maximum atomic E-state index is 13.1.